The number of halogens is 1. The van der Waals surface area contributed by atoms with Gasteiger partial charge in [-0.05, 0) is 18.6 Å². The standard InChI is InChI=1S/C7H6ClNO5S/c1-4-2-6(9(10)11)7(3-5(4)8)15(12,13)14/h2-3H,1H3,(H,12,13,14). The van der Waals surface area contributed by atoms with Crippen molar-refractivity contribution >= 4 is 27.4 Å². The highest BCUT2D eigenvalue weighted by Crippen LogP contribution is 2.29. The first-order chi connectivity index (χ1) is 6.73. The molecule has 0 unspecified atom stereocenters. The Morgan fingerprint density at radius 2 is 2.00 bits per heavy atom. The Hall–Kier alpha value is -1.18. The molecule has 1 aromatic carbocycles. The highest BCUT2D eigenvalue weighted by molar-refractivity contribution is 7.86. The van der Waals surface area contributed by atoms with Crippen molar-refractivity contribution in [2.45, 2.75) is 11.8 Å². The number of nitro benzene ring substituents is 1. The van der Waals surface area contributed by atoms with E-state index in [1.165, 1.54) is 6.92 Å². The van der Waals surface area contributed by atoms with Crippen LogP contribution in [0, 0.1) is 17.0 Å². The zero-order chi connectivity index (χ0) is 11.8. The molecular formula is C7H6ClNO5S. The largest absolute Gasteiger partial charge is 0.301 e. The van der Waals surface area contributed by atoms with Crippen LogP contribution in [0.4, 0.5) is 5.69 Å². The lowest BCUT2D eigenvalue weighted by molar-refractivity contribution is -0.387. The van der Waals surface area contributed by atoms with Crippen molar-refractivity contribution < 1.29 is 17.9 Å². The highest BCUT2D eigenvalue weighted by Gasteiger charge is 2.25. The number of hydrogen-bond acceptors (Lipinski definition) is 4. The molecular weight excluding hydrogens is 246 g/mol. The van der Waals surface area contributed by atoms with Gasteiger partial charge in [-0.15, -0.1) is 0 Å². The predicted molar refractivity (Wildman–Crippen MR) is 52.7 cm³/mol. The predicted octanol–water partition coefficient (Wildman–Crippen LogP) is 1.80. The van der Waals surface area contributed by atoms with Crippen LogP contribution in [0.25, 0.3) is 0 Å². The van der Waals surface area contributed by atoms with E-state index in [4.69, 9.17) is 16.2 Å². The molecule has 0 spiro atoms. The van der Waals surface area contributed by atoms with Gasteiger partial charge in [0.1, 0.15) is 0 Å². The van der Waals surface area contributed by atoms with E-state index in [1.807, 2.05) is 0 Å². The van der Waals surface area contributed by atoms with Gasteiger partial charge in [0.2, 0.25) is 0 Å². The van der Waals surface area contributed by atoms with Crippen molar-refractivity contribution in [1.82, 2.24) is 0 Å². The fourth-order valence-electron chi connectivity index (χ4n) is 0.997. The maximum Gasteiger partial charge on any atom is 0.301 e. The van der Waals surface area contributed by atoms with Crippen LogP contribution in [0.1, 0.15) is 5.56 Å². The first-order valence-corrected chi connectivity index (χ1v) is 5.47. The number of hydrogen-bond donors (Lipinski definition) is 1. The summed E-state index contributed by atoms with van der Waals surface area (Å²) in [6.45, 7) is 1.49. The minimum atomic E-state index is -4.64. The van der Waals surface area contributed by atoms with Crippen LogP contribution in [0.3, 0.4) is 0 Å². The second-order valence-electron chi connectivity index (χ2n) is 2.80. The molecule has 0 aliphatic carbocycles. The van der Waals surface area contributed by atoms with Gasteiger partial charge in [0, 0.05) is 11.1 Å². The zero-order valence-corrected chi connectivity index (χ0v) is 9.04. The molecule has 0 radical (unpaired) electrons. The van der Waals surface area contributed by atoms with Gasteiger partial charge in [0.05, 0.1) is 4.92 Å². The van der Waals surface area contributed by atoms with Crippen LogP contribution < -0.4 is 0 Å². The van der Waals surface area contributed by atoms with Crippen LogP contribution in [0.5, 0.6) is 0 Å². The molecule has 0 aliphatic heterocycles. The third kappa shape index (κ3) is 2.44. The Kier molecular flexibility index (Phi) is 2.98. The summed E-state index contributed by atoms with van der Waals surface area (Å²) < 4.78 is 30.4. The van der Waals surface area contributed by atoms with E-state index in [2.05, 4.69) is 0 Å². The average Bonchev–Trinajstić information content (AvgIpc) is 2.06. The van der Waals surface area contributed by atoms with Crippen LogP contribution in [-0.4, -0.2) is 17.9 Å². The molecule has 15 heavy (non-hydrogen) atoms. The molecule has 8 heteroatoms. The van der Waals surface area contributed by atoms with Gasteiger partial charge in [-0.1, -0.05) is 11.6 Å². The fraction of sp³-hybridized carbons (Fsp3) is 0.143. The van der Waals surface area contributed by atoms with Crippen molar-refractivity contribution in [3.63, 3.8) is 0 Å². The average molecular weight is 252 g/mol. The third-order valence-corrected chi connectivity index (χ3v) is 3.00. The Bertz CT molecular complexity index is 524. The van der Waals surface area contributed by atoms with E-state index in [-0.39, 0.29) is 5.02 Å². The fourth-order valence-corrected chi connectivity index (χ4v) is 1.89. The van der Waals surface area contributed by atoms with Crippen LogP contribution in [0.15, 0.2) is 17.0 Å². The maximum absolute atomic E-state index is 10.8. The Morgan fingerprint density at radius 1 is 1.47 bits per heavy atom. The summed E-state index contributed by atoms with van der Waals surface area (Å²) in [5.41, 5.74) is -0.338. The molecule has 0 saturated carbocycles. The molecule has 0 heterocycles. The molecule has 6 nitrogen and oxygen atoms in total. The molecule has 1 aromatic rings. The van der Waals surface area contributed by atoms with E-state index in [0.29, 0.717) is 5.56 Å². The normalized spacial score (nSPS) is 11.4. The summed E-state index contributed by atoms with van der Waals surface area (Å²) in [4.78, 5) is 8.82. The second-order valence-corrected chi connectivity index (χ2v) is 4.60. The summed E-state index contributed by atoms with van der Waals surface area (Å²) >= 11 is 5.60. The quantitative estimate of drug-likeness (QED) is 0.491. The van der Waals surface area contributed by atoms with E-state index in [0.717, 1.165) is 12.1 Å². The van der Waals surface area contributed by atoms with Crippen LogP contribution in [-0.2, 0) is 10.1 Å². The minimum Gasteiger partial charge on any atom is -0.282 e. The molecule has 0 bridgehead atoms. The first kappa shape index (κ1) is 11.9. The first-order valence-electron chi connectivity index (χ1n) is 3.65. The number of rotatable bonds is 2. The smallest absolute Gasteiger partial charge is 0.282 e. The molecule has 0 aromatic heterocycles. The molecule has 1 N–H and O–H groups in total. The lowest BCUT2D eigenvalue weighted by atomic mass is 10.2. The van der Waals surface area contributed by atoms with E-state index in [1.54, 1.807) is 0 Å². The Morgan fingerprint density at radius 3 is 2.40 bits per heavy atom. The number of nitro groups is 1. The Balaban J connectivity index is 3.64. The summed E-state index contributed by atoms with van der Waals surface area (Å²) in [5, 5.41) is 10.6. The van der Waals surface area contributed by atoms with Crippen molar-refractivity contribution in [1.29, 1.82) is 0 Å². The van der Waals surface area contributed by atoms with Crippen molar-refractivity contribution in [3.8, 4) is 0 Å². The summed E-state index contributed by atoms with van der Waals surface area (Å²) in [5.74, 6) is 0. The topological polar surface area (TPSA) is 97.5 Å². The highest BCUT2D eigenvalue weighted by atomic mass is 35.5. The zero-order valence-electron chi connectivity index (χ0n) is 7.47. The monoisotopic (exact) mass is 251 g/mol. The van der Waals surface area contributed by atoms with E-state index >= 15 is 0 Å². The molecule has 0 aliphatic rings. The third-order valence-electron chi connectivity index (χ3n) is 1.71. The SMILES string of the molecule is Cc1cc([N+](=O)[O-])c(S(=O)(=O)O)cc1Cl. The van der Waals surface area contributed by atoms with Gasteiger partial charge < -0.3 is 0 Å². The molecule has 0 amide bonds. The van der Waals surface area contributed by atoms with Gasteiger partial charge in [0.25, 0.3) is 5.69 Å². The van der Waals surface area contributed by atoms with Crippen molar-refractivity contribution in [2.75, 3.05) is 0 Å². The number of aryl methyl sites for hydroxylation is 1. The van der Waals surface area contributed by atoms with Crippen molar-refractivity contribution in [2.24, 2.45) is 0 Å². The summed E-state index contributed by atoms with van der Waals surface area (Å²) in [6.07, 6.45) is 0. The number of nitrogens with zero attached hydrogens (tertiary/aromatic N) is 1. The molecule has 82 valence electrons. The summed E-state index contributed by atoms with van der Waals surface area (Å²) in [6, 6.07) is 1.84. The van der Waals surface area contributed by atoms with Gasteiger partial charge in [-0.25, -0.2) is 0 Å². The Labute approximate surface area is 90.4 Å². The molecule has 1 rings (SSSR count). The lowest BCUT2D eigenvalue weighted by Gasteiger charge is -2.02. The molecule has 0 fully saturated rings. The van der Waals surface area contributed by atoms with Gasteiger partial charge in [-0.2, -0.15) is 8.42 Å². The molecule has 0 saturated heterocycles. The minimum absolute atomic E-state index is 0.0354. The van der Waals surface area contributed by atoms with Crippen LogP contribution in [0.2, 0.25) is 5.02 Å². The van der Waals surface area contributed by atoms with Gasteiger partial charge in [0.15, 0.2) is 4.90 Å². The summed E-state index contributed by atoms with van der Waals surface area (Å²) in [7, 11) is -4.64. The number of benzene rings is 1. The van der Waals surface area contributed by atoms with E-state index < -0.39 is 25.6 Å². The second kappa shape index (κ2) is 3.76. The van der Waals surface area contributed by atoms with Gasteiger partial charge >= 0.3 is 10.1 Å². The maximum atomic E-state index is 10.8. The van der Waals surface area contributed by atoms with Crippen LogP contribution >= 0.6 is 11.6 Å². The van der Waals surface area contributed by atoms with E-state index in [9.17, 15) is 18.5 Å². The van der Waals surface area contributed by atoms with Crippen molar-refractivity contribution in [3.05, 3.63) is 32.8 Å². The lowest BCUT2D eigenvalue weighted by Crippen LogP contribution is -2.03. The molecule has 0 atom stereocenters. The van der Waals surface area contributed by atoms with Gasteiger partial charge in [-0.3, -0.25) is 14.7 Å².